The predicted octanol–water partition coefficient (Wildman–Crippen LogP) is 1.06. The zero-order valence-corrected chi connectivity index (χ0v) is 8.73. The molecule has 0 spiro atoms. The Labute approximate surface area is 89.0 Å². The maximum absolute atomic E-state index is 11.9. The number of carbonyl (C=O) groups excluding carboxylic acids is 1. The van der Waals surface area contributed by atoms with Gasteiger partial charge in [-0.15, -0.1) is 6.58 Å². The molecule has 1 rings (SSSR count). The van der Waals surface area contributed by atoms with Gasteiger partial charge in [-0.2, -0.15) is 0 Å². The van der Waals surface area contributed by atoms with Gasteiger partial charge in [0, 0.05) is 6.20 Å². The molecule has 0 aliphatic rings. The number of rotatable bonds is 4. The number of carbonyl (C=O) groups is 1. The van der Waals surface area contributed by atoms with Crippen molar-refractivity contribution in [3.63, 3.8) is 0 Å². The molecular weight excluding hydrogens is 190 g/mol. The third-order valence-corrected chi connectivity index (χ3v) is 2.19. The standard InChI is InChI=1S/C11H15N3O/c1-3-4-8(12)10(15)9-7(2)5-6-14-11(9)13/h3,5-6,8H,1,4,12H2,2H3,(H2,13,14). The average Bonchev–Trinajstić information content (AvgIpc) is 2.17. The Balaban J connectivity index is 3.05. The van der Waals surface area contributed by atoms with Gasteiger partial charge in [-0.1, -0.05) is 6.08 Å². The molecule has 4 nitrogen and oxygen atoms in total. The lowest BCUT2D eigenvalue weighted by atomic mass is 9.99. The van der Waals surface area contributed by atoms with Crippen LogP contribution in [0.2, 0.25) is 0 Å². The molecule has 0 saturated heterocycles. The van der Waals surface area contributed by atoms with E-state index in [4.69, 9.17) is 11.5 Å². The summed E-state index contributed by atoms with van der Waals surface area (Å²) in [5.41, 5.74) is 12.6. The summed E-state index contributed by atoms with van der Waals surface area (Å²) in [6.07, 6.45) is 3.62. The van der Waals surface area contributed by atoms with Gasteiger partial charge in [0.2, 0.25) is 0 Å². The van der Waals surface area contributed by atoms with E-state index in [1.165, 1.54) is 0 Å². The molecule has 0 fully saturated rings. The molecule has 1 aromatic heterocycles. The highest BCUT2D eigenvalue weighted by atomic mass is 16.1. The van der Waals surface area contributed by atoms with Crippen molar-refractivity contribution in [3.05, 3.63) is 36.0 Å². The van der Waals surface area contributed by atoms with Crippen LogP contribution in [0.25, 0.3) is 0 Å². The molecule has 15 heavy (non-hydrogen) atoms. The van der Waals surface area contributed by atoms with E-state index >= 15 is 0 Å². The average molecular weight is 205 g/mol. The van der Waals surface area contributed by atoms with Gasteiger partial charge in [0.05, 0.1) is 11.6 Å². The van der Waals surface area contributed by atoms with Crippen LogP contribution in [-0.4, -0.2) is 16.8 Å². The van der Waals surface area contributed by atoms with Gasteiger partial charge in [0.15, 0.2) is 5.78 Å². The predicted molar refractivity (Wildman–Crippen MR) is 60.5 cm³/mol. The Morgan fingerprint density at radius 1 is 1.73 bits per heavy atom. The summed E-state index contributed by atoms with van der Waals surface area (Å²) < 4.78 is 0. The van der Waals surface area contributed by atoms with Gasteiger partial charge in [0.1, 0.15) is 5.82 Å². The molecule has 1 heterocycles. The van der Waals surface area contributed by atoms with Crippen molar-refractivity contribution in [1.29, 1.82) is 0 Å². The van der Waals surface area contributed by atoms with E-state index < -0.39 is 6.04 Å². The first-order valence-corrected chi connectivity index (χ1v) is 4.69. The normalized spacial score (nSPS) is 12.1. The molecule has 0 amide bonds. The van der Waals surface area contributed by atoms with Gasteiger partial charge in [-0.25, -0.2) is 4.98 Å². The second-order valence-corrected chi connectivity index (χ2v) is 3.38. The summed E-state index contributed by atoms with van der Waals surface area (Å²) in [5, 5.41) is 0. The van der Waals surface area contributed by atoms with E-state index in [1.807, 2.05) is 6.92 Å². The van der Waals surface area contributed by atoms with Crippen molar-refractivity contribution < 1.29 is 4.79 Å². The van der Waals surface area contributed by atoms with Gasteiger partial charge in [0.25, 0.3) is 0 Å². The Bertz CT molecular complexity index is 367. The highest BCUT2D eigenvalue weighted by molar-refractivity contribution is 6.04. The fraction of sp³-hybridized carbons (Fsp3) is 0.273. The number of aromatic nitrogens is 1. The molecule has 0 aliphatic carbocycles. The maximum Gasteiger partial charge on any atom is 0.183 e. The van der Waals surface area contributed by atoms with Crippen LogP contribution in [0.15, 0.2) is 24.9 Å². The first-order chi connectivity index (χ1) is 7.07. The number of aryl methyl sites for hydroxylation is 1. The Kier molecular flexibility index (Phi) is 3.57. The second kappa shape index (κ2) is 4.70. The summed E-state index contributed by atoms with van der Waals surface area (Å²) >= 11 is 0. The van der Waals surface area contributed by atoms with Crippen molar-refractivity contribution in [2.24, 2.45) is 5.73 Å². The van der Waals surface area contributed by atoms with Crippen LogP contribution in [0.3, 0.4) is 0 Å². The lowest BCUT2D eigenvalue weighted by Gasteiger charge is -2.11. The second-order valence-electron chi connectivity index (χ2n) is 3.38. The maximum atomic E-state index is 11.9. The molecule has 0 bridgehead atoms. The fourth-order valence-corrected chi connectivity index (χ4v) is 1.37. The zero-order chi connectivity index (χ0) is 11.4. The highest BCUT2D eigenvalue weighted by Crippen LogP contribution is 2.16. The molecular formula is C11H15N3O. The lowest BCUT2D eigenvalue weighted by Crippen LogP contribution is -2.31. The largest absolute Gasteiger partial charge is 0.383 e. The minimum absolute atomic E-state index is 0.182. The molecule has 0 radical (unpaired) electrons. The summed E-state index contributed by atoms with van der Waals surface area (Å²) in [6, 6.07) is 1.15. The smallest absolute Gasteiger partial charge is 0.183 e. The molecule has 1 atom stereocenters. The number of hydrogen-bond acceptors (Lipinski definition) is 4. The van der Waals surface area contributed by atoms with Crippen LogP contribution in [0, 0.1) is 6.92 Å². The molecule has 4 heteroatoms. The van der Waals surface area contributed by atoms with Crippen molar-refractivity contribution in [1.82, 2.24) is 4.98 Å². The van der Waals surface area contributed by atoms with E-state index in [-0.39, 0.29) is 11.6 Å². The fourth-order valence-electron chi connectivity index (χ4n) is 1.37. The number of nitrogens with zero attached hydrogens (tertiary/aromatic N) is 1. The minimum atomic E-state index is -0.590. The monoisotopic (exact) mass is 205 g/mol. The van der Waals surface area contributed by atoms with E-state index in [1.54, 1.807) is 18.3 Å². The van der Waals surface area contributed by atoms with Crippen molar-refractivity contribution >= 4 is 11.6 Å². The summed E-state index contributed by atoms with van der Waals surface area (Å²) in [6.45, 7) is 5.35. The molecule has 1 aromatic rings. The van der Waals surface area contributed by atoms with Crippen LogP contribution >= 0.6 is 0 Å². The quantitative estimate of drug-likeness (QED) is 0.568. The number of nitrogens with two attached hydrogens (primary N) is 2. The highest BCUT2D eigenvalue weighted by Gasteiger charge is 2.19. The van der Waals surface area contributed by atoms with E-state index in [0.29, 0.717) is 12.0 Å². The Morgan fingerprint density at radius 3 is 2.93 bits per heavy atom. The molecule has 1 unspecified atom stereocenters. The van der Waals surface area contributed by atoms with Crippen LogP contribution < -0.4 is 11.5 Å². The van der Waals surface area contributed by atoms with Crippen molar-refractivity contribution in [2.45, 2.75) is 19.4 Å². The first-order valence-electron chi connectivity index (χ1n) is 4.69. The van der Waals surface area contributed by atoms with Crippen molar-refractivity contribution in [3.8, 4) is 0 Å². The number of pyridine rings is 1. The minimum Gasteiger partial charge on any atom is -0.383 e. The van der Waals surface area contributed by atoms with E-state index in [0.717, 1.165) is 5.56 Å². The van der Waals surface area contributed by atoms with Crippen LogP contribution in [0.1, 0.15) is 22.3 Å². The van der Waals surface area contributed by atoms with Crippen LogP contribution in [-0.2, 0) is 0 Å². The molecule has 0 aromatic carbocycles. The number of hydrogen-bond donors (Lipinski definition) is 2. The van der Waals surface area contributed by atoms with Gasteiger partial charge in [-0.05, 0) is 25.0 Å². The van der Waals surface area contributed by atoms with Gasteiger partial charge < -0.3 is 11.5 Å². The topological polar surface area (TPSA) is 82.0 Å². The molecule has 0 aliphatic heterocycles. The first kappa shape index (κ1) is 11.4. The van der Waals surface area contributed by atoms with Crippen LogP contribution in [0.5, 0.6) is 0 Å². The summed E-state index contributed by atoms with van der Waals surface area (Å²) in [4.78, 5) is 15.8. The lowest BCUT2D eigenvalue weighted by molar-refractivity contribution is 0.0962. The van der Waals surface area contributed by atoms with Gasteiger partial charge >= 0.3 is 0 Å². The van der Waals surface area contributed by atoms with E-state index in [9.17, 15) is 4.79 Å². The number of Topliss-reactive ketones (excluding diaryl/α,β-unsaturated/α-hetero) is 1. The SMILES string of the molecule is C=CCC(N)C(=O)c1c(C)ccnc1N. The zero-order valence-electron chi connectivity index (χ0n) is 8.73. The third kappa shape index (κ3) is 2.41. The van der Waals surface area contributed by atoms with E-state index in [2.05, 4.69) is 11.6 Å². The Hall–Kier alpha value is -1.68. The molecule has 80 valence electrons. The number of ketones is 1. The summed E-state index contributed by atoms with van der Waals surface area (Å²) in [7, 11) is 0. The number of nitrogen functional groups attached to an aromatic ring is 1. The van der Waals surface area contributed by atoms with Crippen molar-refractivity contribution in [2.75, 3.05) is 5.73 Å². The molecule has 0 saturated carbocycles. The number of anilines is 1. The van der Waals surface area contributed by atoms with Crippen LogP contribution in [0.4, 0.5) is 5.82 Å². The summed E-state index contributed by atoms with van der Waals surface area (Å²) in [5.74, 6) is 0.0533. The third-order valence-electron chi connectivity index (χ3n) is 2.19. The molecule has 4 N–H and O–H groups in total. The Morgan fingerprint density at radius 2 is 2.40 bits per heavy atom. The van der Waals surface area contributed by atoms with Gasteiger partial charge in [-0.3, -0.25) is 4.79 Å².